The summed E-state index contributed by atoms with van der Waals surface area (Å²) in [6.07, 6.45) is -4.68. The molecule has 2 aromatic rings. The normalized spacial score (nSPS) is 10.8. The number of alkyl halides is 3. The second-order valence-electron chi connectivity index (χ2n) is 4.61. The van der Waals surface area contributed by atoms with Crippen molar-refractivity contribution >= 4 is 39.1 Å². The molecule has 0 radical (unpaired) electrons. The zero-order valence-corrected chi connectivity index (χ0v) is 14.1. The van der Waals surface area contributed by atoms with Gasteiger partial charge in [-0.3, -0.25) is 15.6 Å². The molecule has 0 fully saturated rings. The Hall–Kier alpha value is -2.24. The van der Waals surface area contributed by atoms with Crippen LogP contribution in [0.1, 0.15) is 21.5 Å². The summed E-state index contributed by atoms with van der Waals surface area (Å²) in [6, 6.07) is 9.00. The molecule has 2 N–H and O–H groups in total. The predicted molar refractivity (Wildman–Crippen MR) is 86.4 cm³/mol. The number of halogens is 5. The Bertz CT molecular complexity index is 813. The van der Waals surface area contributed by atoms with Gasteiger partial charge in [0.25, 0.3) is 5.91 Å². The van der Waals surface area contributed by atoms with Crippen LogP contribution in [0.5, 0.6) is 0 Å². The van der Waals surface area contributed by atoms with E-state index in [2.05, 4.69) is 26.8 Å². The van der Waals surface area contributed by atoms with Crippen molar-refractivity contribution < 1.29 is 18.0 Å². The Morgan fingerprint density at radius 2 is 1.92 bits per heavy atom. The summed E-state index contributed by atoms with van der Waals surface area (Å²) < 4.78 is 39.6. The molecule has 2 aromatic carbocycles. The van der Waals surface area contributed by atoms with Crippen LogP contribution >= 0.6 is 27.5 Å². The van der Waals surface area contributed by atoms with Gasteiger partial charge in [-0.2, -0.15) is 18.4 Å². The molecule has 1 amide bonds. The highest BCUT2D eigenvalue weighted by atomic mass is 79.9. The highest BCUT2D eigenvalue weighted by Gasteiger charge is 2.34. The van der Waals surface area contributed by atoms with Crippen LogP contribution in [0.2, 0.25) is 5.02 Å². The molecule has 0 aliphatic heterocycles. The molecule has 0 aliphatic carbocycles. The lowest BCUT2D eigenvalue weighted by molar-refractivity contribution is -0.137. The number of hydrogen-bond acceptors (Lipinski definition) is 3. The molecular weight excluding hydrogens is 411 g/mol. The molecule has 2 rings (SSSR count). The summed E-state index contributed by atoms with van der Waals surface area (Å²) in [5, 5.41) is 9.01. The second kappa shape index (κ2) is 7.11. The van der Waals surface area contributed by atoms with Gasteiger partial charge in [-0.05, 0) is 36.4 Å². The maximum atomic E-state index is 13.0. The third-order valence-corrected chi connectivity index (χ3v) is 3.57. The Balaban J connectivity index is 2.23. The monoisotopic (exact) mass is 417 g/mol. The predicted octanol–water partition coefficient (Wildman–Crippen LogP) is 4.75. The van der Waals surface area contributed by atoms with Crippen molar-refractivity contribution in [1.82, 2.24) is 5.43 Å². The van der Waals surface area contributed by atoms with E-state index in [1.807, 2.05) is 0 Å². The first-order valence-electron chi connectivity index (χ1n) is 6.34. The van der Waals surface area contributed by atoms with Gasteiger partial charge in [0, 0.05) is 15.1 Å². The van der Waals surface area contributed by atoms with Gasteiger partial charge in [0.15, 0.2) is 0 Å². The lowest BCUT2D eigenvalue weighted by atomic mass is 10.1. The molecule has 0 saturated carbocycles. The summed E-state index contributed by atoms with van der Waals surface area (Å²) in [5.74, 6) is -0.671. The average molecular weight is 419 g/mol. The minimum Gasteiger partial charge on any atom is -0.298 e. The molecule has 24 heavy (non-hydrogen) atoms. The van der Waals surface area contributed by atoms with Gasteiger partial charge in [-0.1, -0.05) is 27.5 Å². The fourth-order valence-corrected chi connectivity index (χ4v) is 2.70. The first-order chi connectivity index (χ1) is 11.2. The van der Waals surface area contributed by atoms with Crippen molar-refractivity contribution in [2.24, 2.45) is 0 Å². The molecule has 0 saturated heterocycles. The van der Waals surface area contributed by atoms with Crippen LogP contribution in [0.3, 0.4) is 0 Å². The van der Waals surface area contributed by atoms with Crippen molar-refractivity contribution in [2.75, 3.05) is 5.43 Å². The lowest BCUT2D eigenvalue weighted by Crippen LogP contribution is -2.30. The minimum absolute atomic E-state index is 0.141. The molecule has 0 heterocycles. The molecular formula is C15H8BrClF3N3O. The fraction of sp³-hybridized carbons (Fsp3) is 0.0667. The van der Waals surface area contributed by atoms with Crippen molar-refractivity contribution in [1.29, 1.82) is 5.26 Å². The van der Waals surface area contributed by atoms with E-state index in [1.54, 1.807) is 12.1 Å². The number of carbonyl (C=O) groups is 1. The van der Waals surface area contributed by atoms with Crippen LogP contribution in [-0.2, 0) is 6.18 Å². The van der Waals surface area contributed by atoms with E-state index in [1.165, 1.54) is 18.2 Å². The first kappa shape index (κ1) is 18.1. The zero-order chi connectivity index (χ0) is 17.9. The number of nitrogens with zero attached hydrogens (tertiary/aromatic N) is 1. The number of anilines is 1. The minimum atomic E-state index is -4.68. The molecule has 4 nitrogen and oxygen atoms in total. The average Bonchev–Trinajstić information content (AvgIpc) is 2.50. The van der Waals surface area contributed by atoms with Gasteiger partial charge in [0.1, 0.15) is 0 Å². The van der Waals surface area contributed by atoms with Crippen LogP contribution in [0.4, 0.5) is 18.9 Å². The van der Waals surface area contributed by atoms with E-state index in [0.29, 0.717) is 15.6 Å². The number of rotatable bonds is 3. The smallest absolute Gasteiger partial charge is 0.298 e. The molecule has 9 heteroatoms. The third kappa shape index (κ3) is 4.40. The van der Waals surface area contributed by atoms with Crippen LogP contribution in [0, 0.1) is 11.3 Å². The van der Waals surface area contributed by atoms with E-state index in [9.17, 15) is 18.0 Å². The summed E-state index contributed by atoms with van der Waals surface area (Å²) in [4.78, 5) is 12.0. The lowest BCUT2D eigenvalue weighted by Gasteiger charge is -2.15. The number of hydrogen-bond donors (Lipinski definition) is 2. The number of benzene rings is 2. The highest BCUT2D eigenvalue weighted by molar-refractivity contribution is 9.10. The zero-order valence-electron chi connectivity index (χ0n) is 11.7. The Morgan fingerprint density at radius 3 is 2.50 bits per heavy atom. The second-order valence-corrected chi connectivity index (χ2v) is 5.96. The maximum Gasteiger partial charge on any atom is 0.418 e. The Morgan fingerprint density at radius 1 is 1.21 bits per heavy atom. The third-order valence-electron chi connectivity index (χ3n) is 2.89. The topological polar surface area (TPSA) is 64.9 Å². The molecule has 0 spiro atoms. The molecule has 0 unspecified atom stereocenters. The van der Waals surface area contributed by atoms with E-state index in [-0.39, 0.29) is 16.8 Å². The van der Waals surface area contributed by atoms with E-state index in [0.717, 1.165) is 6.07 Å². The fourth-order valence-electron chi connectivity index (χ4n) is 1.84. The number of carbonyl (C=O) groups excluding carboxylic acids is 1. The summed E-state index contributed by atoms with van der Waals surface area (Å²) in [5.41, 5.74) is 2.97. The van der Waals surface area contributed by atoms with Crippen molar-refractivity contribution in [3.63, 3.8) is 0 Å². The van der Waals surface area contributed by atoms with Crippen LogP contribution in [-0.4, -0.2) is 5.91 Å². The Kier molecular flexibility index (Phi) is 5.36. The van der Waals surface area contributed by atoms with E-state index < -0.39 is 17.6 Å². The largest absolute Gasteiger partial charge is 0.418 e. The molecule has 0 bridgehead atoms. The molecule has 0 atom stereocenters. The summed E-state index contributed by atoms with van der Waals surface area (Å²) >= 11 is 8.99. The maximum absolute atomic E-state index is 13.0. The van der Waals surface area contributed by atoms with E-state index in [4.69, 9.17) is 16.9 Å². The van der Waals surface area contributed by atoms with Crippen LogP contribution in [0.25, 0.3) is 0 Å². The van der Waals surface area contributed by atoms with Crippen LogP contribution in [0.15, 0.2) is 40.9 Å². The van der Waals surface area contributed by atoms with E-state index >= 15 is 0 Å². The van der Waals surface area contributed by atoms with Gasteiger partial charge >= 0.3 is 6.18 Å². The summed E-state index contributed by atoms with van der Waals surface area (Å²) in [6.45, 7) is 0. The number of nitrogens with one attached hydrogen (secondary N) is 2. The Labute approximate surface area is 148 Å². The first-order valence-corrected chi connectivity index (χ1v) is 7.51. The van der Waals surface area contributed by atoms with Gasteiger partial charge in [-0.25, -0.2) is 0 Å². The van der Waals surface area contributed by atoms with Crippen LogP contribution < -0.4 is 10.9 Å². The number of hydrazine groups is 1. The summed E-state index contributed by atoms with van der Waals surface area (Å²) in [7, 11) is 0. The quantitative estimate of drug-likeness (QED) is 0.707. The van der Waals surface area contributed by atoms with Gasteiger partial charge in [-0.15, -0.1) is 0 Å². The molecule has 0 aromatic heterocycles. The van der Waals surface area contributed by atoms with Gasteiger partial charge in [0.2, 0.25) is 0 Å². The SMILES string of the molecule is N#Cc1ccc(NNC(=O)c2cc(Cl)cc(Br)c2)c(C(F)(F)F)c1. The standard InChI is InChI=1S/C15H8BrClF3N3O/c16-10-4-9(5-11(17)6-10)14(24)23-22-13-2-1-8(7-21)3-12(13)15(18,19)20/h1-6,22H,(H,23,24). The molecule has 0 aliphatic rings. The highest BCUT2D eigenvalue weighted by Crippen LogP contribution is 2.35. The van der Waals surface area contributed by atoms with Crippen molar-refractivity contribution in [2.45, 2.75) is 6.18 Å². The van der Waals surface area contributed by atoms with Crippen molar-refractivity contribution in [3.8, 4) is 6.07 Å². The molecule has 124 valence electrons. The number of amides is 1. The van der Waals surface area contributed by atoms with Gasteiger partial charge < -0.3 is 0 Å². The van der Waals surface area contributed by atoms with Gasteiger partial charge in [0.05, 0.1) is 22.9 Å². The number of nitriles is 1. The van der Waals surface area contributed by atoms with Crippen molar-refractivity contribution in [3.05, 3.63) is 62.6 Å².